The Morgan fingerprint density at radius 3 is 2.31 bits per heavy atom. The lowest BCUT2D eigenvalue weighted by Crippen LogP contribution is -2.44. The van der Waals surface area contributed by atoms with Crippen molar-refractivity contribution in [2.45, 2.75) is 51.6 Å². The van der Waals surface area contributed by atoms with Gasteiger partial charge in [-0.2, -0.15) is 0 Å². The Labute approximate surface area is 79.7 Å². The molecule has 0 amide bonds. The van der Waals surface area contributed by atoms with Crippen molar-refractivity contribution in [2.75, 3.05) is 6.54 Å². The zero-order chi connectivity index (χ0) is 10.1. The molecule has 1 aliphatic carbocycles. The average Bonchev–Trinajstić information content (AvgIpc) is 2.67. The van der Waals surface area contributed by atoms with Crippen LogP contribution in [0.5, 0.6) is 0 Å². The van der Waals surface area contributed by atoms with E-state index in [2.05, 4.69) is 25.7 Å². The first-order valence-corrected chi connectivity index (χ1v) is 4.90. The normalized spacial score (nSPS) is 17.8. The van der Waals surface area contributed by atoms with Gasteiger partial charge in [0.2, 0.25) is 0 Å². The summed E-state index contributed by atoms with van der Waals surface area (Å²) in [6.45, 7) is 7.12. The lowest BCUT2D eigenvalue weighted by molar-refractivity contribution is -0.137. The third-order valence-electron chi connectivity index (χ3n) is 2.42. The van der Waals surface area contributed by atoms with E-state index >= 15 is 0 Å². The summed E-state index contributed by atoms with van der Waals surface area (Å²) < 4.78 is 0. The second-order valence-corrected chi connectivity index (χ2v) is 4.74. The third-order valence-corrected chi connectivity index (χ3v) is 2.42. The Morgan fingerprint density at radius 1 is 1.46 bits per heavy atom. The number of carboxylic acids is 1. The zero-order valence-corrected chi connectivity index (χ0v) is 8.71. The van der Waals surface area contributed by atoms with E-state index in [0.29, 0.717) is 12.6 Å². The van der Waals surface area contributed by atoms with E-state index in [0.717, 1.165) is 0 Å². The predicted molar refractivity (Wildman–Crippen MR) is 51.7 cm³/mol. The van der Waals surface area contributed by atoms with Crippen LogP contribution >= 0.6 is 0 Å². The number of aliphatic carboxylic acids is 1. The maximum Gasteiger partial charge on any atom is 0.304 e. The lowest BCUT2D eigenvalue weighted by atomic mass is 10.1. The highest BCUT2D eigenvalue weighted by atomic mass is 16.4. The van der Waals surface area contributed by atoms with E-state index in [1.807, 2.05) is 0 Å². The largest absolute Gasteiger partial charge is 0.481 e. The summed E-state index contributed by atoms with van der Waals surface area (Å²) in [4.78, 5) is 12.8. The van der Waals surface area contributed by atoms with Crippen molar-refractivity contribution >= 4 is 5.97 Å². The molecule has 3 nitrogen and oxygen atoms in total. The van der Waals surface area contributed by atoms with Crippen LogP contribution in [0.2, 0.25) is 0 Å². The van der Waals surface area contributed by atoms with Crippen molar-refractivity contribution in [3.05, 3.63) is 0 Å². The Morgan fingerprint density at radius 2 is 2.00 bits per heavy atom. The topological polar surface area (TPSA) is 40.5 Å². The van der Waals surface area contributed by atoms with Crippen molar-refractivity contribution in [1.82, 2.24) is 4.90 Å². The zero-order valence-electron chi connectivity index (χ0n) is 8.71. The quantitative estimate of drug-likeness (QED) is 0.725. The molecule has 0 aromatic heterocycles. The molecule has 0 radical (unpaired) electrons. The molecule has 76 valence electrons. The van der Waals surface area contributed by atoms with Crippen molar-refractivity contribution in [2.24, 2.45) is 0 Å². The molecule has 0 spiro atoms. The van der Waals surface area contributed by atoms with Gasteiger partial charge in [0.1, 0.15) is 0 Å². The smallest absolute Gasteiger partial charge is 0.304 e. The first-order valence-electron chi connectivity index (χ1n) is 4.90. The number of hydrogen-bond acceptors (Lipinski definition) is 2. The standard InChI is InChI=1S/C10H19NO2/c1-10(2,3)11(8-4-5-8)7-6-9(12)13/h8H,4-7H2,1-3H3,(H,12,13). The molecule has 3 heteroatoms. The second-order valence-electron chi connectivity index (χ2n) is 4.74. The van der Waals surface area contributed by atoms with Crippen LogP contribution in [0.4, 0.5) is 0 Å². The fourth-order valence-corrected chi connectivity index (χ4v) is 1.67. The number of carboxylic acid groups (broad SMARTS) is 1. The molecule has 1 aliphatic rings. The molecule has 1 N–H and O–H groups in total. The molecule has 0 aliphatic heterocycles. The van der Waals surface area contributed by atoms with Gasteiger partial charge in [0.15, 0.2) is 0 Å². The number of hydrogen-bond donors (Lipinski definition) is 1. The van der Waals surface area contributed by atoms with E-state index < -0.39 is 5.97 Å². The van der Waals surface area contributed by atoms with E-state index in [1.54, 1.807) is 0 Å². The molecule has 1 fully saturated rings. The minimum Gasteiger partial charge on any atom is -0.481 e. The molecule has 0 heterocycles. The summed E-state index contributed by atoms with van der Waals surface area (Å²) in [7, 11) is 0. The van der Waals surface area contributed by atoms with Crippen LogP contribution in [-0.4, -0.2) is 34.1 Å². The molecule has 0 atom stereocenters. The summed E-state index contributed by atoms with van der Waals surface area (Å²) >= 11 is 0. The molecule has 1 rings (SSSR count). The maximum absolute atomic E-state index is 10.4. The Hall–Kier alpha value is -0.570. The molecule has 0 unspecified atom stereocenters. The Kier molecular flexibility index (Phi) is 2.96. The average molecular weight is 185 g/mol. The second kappa shape index (κ2) is 3.66. The van der Waals surface area contributed by atoms with Gasteiger partial charge in [0.25, 0.3) is 0 Å². The summed E-state index contributed by atoms with van der Waals surface area (Å²) in [6.07, 6.45) is 2.72. The van der Waals surface area contributed by atoms with Crippen LogP contribution in [-0.2, 0) is 4.79 Å². The highest BCUT2D eigenvalue weighted by Crippen LogP contribution is 2.32. The Bertz CT molecular complexity index is 192. The van der Waals surface area contributed by atoms with E-state index in [4.69, 9.17) is 5.11 Å². The number of carbonyl (C=O) groups is 1. The molecule has 0 aromatic carbocycles. The first kappa shape index (κ1) is 10.5. The van der Waals surface area contributed by atoms with Gasteiger partial charge in [-0.05, 0) is 33.6 Å². The maximum atomic E-state index is 10.4. The molecule has 0 bridgehead atoms. The van der Waals surface area contributed by atoms with Gasteiger partial charge in [-0.25, -0.2) is 0 Å². The molecule has 1 saturated carbocycles. The van der Waals surface area contributed by atoms with Gasteiger partial charge < -0.3 is 5.11 Å². The molecular formula is C10H19NO2. The number of nitrogens with zero attached hydrogens (tertiary/aromatic N) is 1. The summed E-state index contributed by atoms with van der Waals surface area (Å²) in [5, 5.41) is 8.60. The van der Waals surface area contributed by atoms with Gasteiger partial charge in [-0.1, -0.05) is 0 Å². The fraction of sp³-hybridized carbons (Fsp3) is 0.900. The molecule has 0 saturated heterocycles. The Balaban J connectivity index is 2.43. The van der Waals surface area contributed by atoms with E-state index in [1.165, 1.54) is 12.8 Å². The van der Waals surface area contributed by atoms with E-state index in [9.17, 15) is 4.79 Å². The molecule has 0 aromatic rings. The number of rotatable bonds is 4. The first-order chi connectivity index (χ1) is 5.91. The van der Waals surface area contributed by atoms with Crippen LogP contribution in [0.25, 0.3) is 0 Å². The van der Waals surface area contributed by atoms with Crippen LogP contribution in [0.1, 0.15) is 40.0 Å². The van der Waals surface area contributed by atoms with Crippen molar-refractivity contribution < 1.29 is 9.90 Å². The van der Waals surface area contributed by atoms with Crippen LogP contribution < -0.4 is 0 Å². The van der Waals surface area contributed by atoms with Gasteiger partial charge in [-0.15, -0.1) is 0 Å². The van der Waals surface area contributed by atoms with Crippen LogP contribution in [0.3, 0.4) is 0 Å². The third kappa shape index (κ3) is 3.35. The van der Waals surface area contributed by atoms with E-state index in [-0.39, 0.29) is 12.0 Å². The summed E-state index contributed by atoms with van der Waals surface area (Å²) in [5.74, 6) is -0.699. The monoisotopic (exact) mass is 185 g/mol. The van der Waals surface area contributed by atoms with Gasteiger partial charge in [0, 0.05) is 18.1 Å². The van der Waals surface area contributed by atoms with Crippen LogP contribution in [0.15, 0.2) is 0 Å². The summed E-state index contributed by atoms with van der Waals surface area (Å²) in [6, 6.07) is 0.638. The van der Waals surface area contributed by atoms with Crippen molar-refractivity contribution in [3.8, 4) is 0 Å². The fourth-order valence-electron chi connectivity index (χ4n) is 1.67. The highest BCUT2D eigenvalue weighted by molar-refractivity contribution is 5.66. The molecular weight excluding hydrogens is 166 g/mol. The predicted octanol–water partition coefficient (Wildman–Crippen LogP) is 1.72. The van der Waals surface area contributed by atoms with Crippen LogP contribution in [0, 0.1) is 0 Å². The van der Waals surface area contributed by atoms with Crippen molar-refractivity contribution in [3.63, 3.8) is 0 Å². The van der Waals surface area contributed by atoms with Gasteiger partial charge in [0.05, 0.1) is 6.42 Å². The highest BCUT2D eigenvalue weighted by Gasteiger charge is 2.35. The summed E-state index contributed by atoms with van der Waals surface area (Å²) in [5.41, 5.74) is 0.108. The SMILES string of the molecule is CC(C)(C)N(CCC(=O)O)C1CC1. The molecule has 13 heavy (non-hydrogen) atoms. The minimum absolute atomic E-state index is 0.108. The van der Waals surface area contributed by atoms with Gasteiger partial charge >= 0.3 is 5.97 Å². The van der Waals surface area contributed by atoms with Gasteiger partial charge in [-0.3, -0.25) is 9.69 Å². The minimum atomic E-state index is -0.699. The van der Waals surface area contributed by atoms with Crippen molar-refractivity contribution in [1.29, 1.82) is 0 Å². The lowest BCUT2D eigenvalue weighted by Gasteiger charge is -2.35.